The smallest absolute Gasteiger partial charge is 0.225 e. The topological polar surface area (TPSA) is 66.6 Å². The first-order valence-corrected chi connectivity index (χ1v) is 6.60. The molecule has 0 aromatic rings. The highest BCUT2D eigenvalue weighted by Crippen LogP contribution is 2.25. The van der Waals surface area contributed by atoms with Crippen molar-refractivity contribution in [2.75, 3.05) is 13.1 Å². The van der Waals surface area contributed by atoms with Crippen molar-refractivity contribution in [2.45, 2.75) is 58.1 Å². The Balaban J connectivity index is 2.59. The summed E-state index contributed by atoms with van der Waals surface area (Å²) in [4.78, 5) is 14.1. The highest BCUT2D eigenvalue weighted by Gasteiger charge is 2.30. The minimum Gasteiger partial charge on any atom is -0.389 e. The van der Waals surface area contributed by atoms with Crippen LogP contribution < -0.4 is 5.73 Å². The summed E-state index contributed by atoms with van der Waals surface area (Å²) in [5, 5.41) is 9.80. The third kappa shape index (κ3) is 4.64. The summed E-state index contributed by atoms with van der Waals surface area (Å²) in [6.45, 7) is 6.46. The molecule has 1 fully saturated rings. The Morgan fingerprint density at radius 2 is 2.12 bits per heavy atom. The molecular weight excluding hydrogens is 216 g/mol. The van der Waals surface area contributed by atoms with Crippen LogP contribution in [0.2, 0.25) is 0 Å². The number of hydrogen-bond acceptors (Lipinski definition) is 3. The lowest BCUT2D eigenvalue weighted by molar-refractivity contribution is -0.139. The molecule has 4 heteroatoms. The summed E-state index contributed by atoms with van der Waals surface area (Å²) in [7, 11) is 0. The van der Waals surface area contributed by atoms with E-state index in [2.05, 4.69) is 0 Å². The SMILES string of the molecule is CCN(CC(C)(C)O)C(=O)C1CCCC(N)C1. The molecule has 1 rings (SSSR count). The number of hydrogen-bond donors (Lipinski definition) is 2. The van der Waals surface area contributed by atoms with E-state index in [0.717, 1.165) is 25.7 Å². The normalized spacial score (nSPS) is 25.7. The summed E-state index contributed by atoms with van der Waals surface area (Å²) in [5.74, 6) is 0.214. The summed E-state index contributed by atoms with van der Waals surface area (Å²) < 4.78 is 0. The van der Waals surface area contributed by atoms with Crippen LogP contribution >= 0.6 is 0 Å². The molecule has 17 heavy (non-hydrogen) atoms. The van der Waals surface area contributed by atoms with E-state index >= 15 is 0 Å². The molecule has 0 heterocycles. The van der Waals surface area contributed by atoms with Gasteiger partial charge in [-0.25, -0.2) is 0 Å². The van der Waals surface area contributed by atoms with E-state index in [1.165, 1.54) is 0 Å². The zero-order chi connectivity index (χ0) is 13.1. The molecule has 0 bridgehead atoms. The Kier molecular flexibility index (Phi) is 4.95. The molecule has 0 saturated heterocycles. The average molecular weight is 242 g/mol. The van der Waals surface area contributed by atoms with Crippen molar-refractivity contribution in [1.82, 2.24) is 4.90 Å². The summed E-state index contributed by atoms with van der Waals surface area (Å²) in [6, 6.07) is 0.165. The minimum atomic E-state index is -0.831. The van der Waals surface area contributed by atoms with E-state index in [0.29, 0.717) is 13.1 Å². The second-order valence-electron chi connectivity index (χ2n) is 5.79. The zero-order valence-corrected chi connectivity index (χ0v) is 11.3. The number of nitrogens with two attached hydrogens (primary N) is 1. The lowest BCUT2D eigenvalue weighted by Gasteiger charge is -2.33. The van der Waals surface area contributed by atoms with Gasteiger partial charge in [-0.15, -0.1) is 0 Å². The van der Waals surface area contributed by atoms with Gasteiger partial charge in [0.15, 0.2) is 0 Å². The summed E-state index contributed by atoms with van der Waals surface area (Å²) in [6.07, 6.45) is 3.80. The van der Waals surface area contributed by atoms with Gasteiger partial charge in [0.1, 0.15) is 0 Å². The Bertz CT molecular complexity index is 261. The molecule has 3 N–H and O–H groups in total. The highest BCUT2D eigenvalue weighted by molar-refractivity contribution is 5.79. The van der Waals surface area contributed by atoms with Crippen LogP contribution in [0.3, 0.4) is 0 Å². The summed E-state index contributed by atoms with van der Waals surface area (Å²) in [5.41, 5.74) is 5.08. The van der Waals surface area contributed by atoms with Crippen LogP contribution in [-0.2, 0) is 4.79 Å². The van der Waals surface area contributed by atoms with Crippen molar-refractivity contribution >= 4 is 5.91 Å². The Morgan fingerprint density at radius 1 is 1.47 bits per heavy atom. The van der Waals surface area contributed by atoms with Gasteiger partial charge in [0.2, 0.25) is 5.91 Å². The standard InChI is InChI=1S/C13H26N2O2/c1-4-15(9-13(2,3)17)12(16)10-6-5-7-11(14)8-10/h10-11,17H,4-9,14H2,1-3H3. The van der Waals surface area contributed by atoms with Crippen molar-refractivity contribution in [3.05, 3.63) is 0 Å². The quantitative estimate of drug-likeness (QED) is 0.776. The zero-order valence-electron chi connectivity index (χ0n) is 11.3. The molecule has 1 aliphatic rings. The van der Waals surface area contributed by atoms with Crippen LogP contribution in [0.4, 0.5) is 0 Å². The van der Waals surface area contributed by atoms with Crippen molar-refractivity contribution < 1.29 is 9.90 Å². The first kappa shape index (κ1) is 14.5. The lowest BCUT2D eigenvalue weighted by Crippen LogP contribution is -2.46. The van der Waals surface area contributed by atoms with E-state index in [1.54, 1.807) is 18.7 Å². The maximum Gasteiger partial charge on any atom is 0.225 e. The minimum absolute atomic E-state index is 0.0565. The first-order chi connectivity index (χ1) is 7.83. The number of amides is 1. The predicted octanol–water partition coefficient (Wildman–Crippen LogP) is 1.12. The number of carbonyl (C=O) groups excluding carboxylic acids is 1. The Hall–Kier alpha value is -0.610. The van der Waals surface area contributed by atoms with Gasteiger partial charge in [0, 0.05) is 25.0 Å². The van der Waals surface area contributed by atoms with Crippen LogP contribution in [0.1, 0.15) is 46.5 Å². The number of rotatable bonds is 4. The Labute approximate surface area is 104 Å². The maximum atomic E-state index is 12.3. The van der Waals surface area contributed by atoms with Crippen molar-refractivity contribution in [1.29, 1.82) is 0 Å². The number of nitrogens with zero attached hydrogens (tertiary/aromatic N) is 1. The molecule has 0 radical (unpaired) electrons. The van der Waals surface area contributed by atoms with Crippen molar-refractivity contribution in [3.63, 3.8) is 0 Å². The number of likely N-dealkylation sites (N-methyl/N-ethyl adjacent to an activating group) is 1. The van der Waals surface area contributed by atoms with Crippen LogP contribution in [0.5, 0.6) is 0 Å². The van der Waals surface area contributed by atoms with E-state index in [9.17, 15) is 9.90 Å². The van der Waals surface area contributed by atoms with Gasteiger partial charge in [-0.1, -0.05) is 6.42 Å². The molecule has 2 atom stereocenters. The van der Waals surface area contributed by atoms with E-state index in [-0.39, 0.29) is 17.9 Å². The molecule has 2 unspecified atom stereocenters. The van der Waals surface area contributed by atoms with Gasteiger partial charge < -0.3 is 15.7 Å². The van der Waals surface area contributed by atoms with Crippen LogP contribution in [0, 0.1) is 5.92 Å². The lowest BCUT2D eigenvalue weighted by atomic mass is 9.85. The molecule has 4 nitrogen and oxygen atoms in total. The molecule has 0 aromatic heterocycles. The van der Waals surface area contributed by atoms with Gasteiger partial charge in [0.25, 0.3) is 0 Å². The van der Waals surface area contributed by atoms with E-state index in [1.807, 2.05) is 6.92 Å². The van der Waals surface area contributed by atoms with Crippen LogP contribution in [0.15, 0.2) is 0 Å². The Morgan fingerprint density at radius 3 is 2.59 bits per heavy atom. The van der Waals surface area contributed by atoms with E-state index < -0.39 is 5.60 Å². The highest BCUT2D eigenvalue weighted by atomic mass is 16.3. The molecule has 1 saturated carbocycles. The molecule has 100 valence electrons. The predicted molar refractivity (Wildman–Crippen MR) is 68.5 cm³/mol. The van der Waals surface area contributed by atoms with Gasteiger partial charge >= 0.3 is 0 Å². The third-order valence-electron chi connectivity index (χ3n) is 3.34. The molecule has 0 aliphatic heterocycles. The number of carbonyl (C=O) groups is 1. The van der Waals surface area contributed by atoms with Crippen molar-refractivity contribution in [3.8, 4) is 0 Å². The largest absolute Gasteiger partial charge is 0.389 e. The van der Waals surface area contributed by atoms with Gasteiger partial charge in [0.05, 0.1) is 5.60 Å². The second-order valence-corrected chi connectivity index (χ2v) is 5.79. The molecule has 0 aromatic carbocycles. The molecule has 0 spiro atoms. The average Bonchev–Trinajstić information content (AvgIpc) is 2.23. The van der Waals surface area contributed by atoms with Crippen molar-refractivity contribution in [2.24, 2.45) is 11.7 Å². The van der Waals surface area contributed by atoms with Crippen LogP contribution in [-0.4, -0.2) is 40.6 Å². The van der Waals surface area contributed by atoms with Gasteiger partial charge in [-0.05, 0) is 40.0 Å². The third-order valence-corrected chi connectivity index (χ3v) is 3.34. The molecular formula is C13H26N2O2. The second kappa shape index (κ2) is 5.83. The first-order valence-electron chi connectivity index (χ1n) is 6.60. The molecule has 1 amide bonds. The van der Waals surface area contributed by atoms with Crippen LogP contribution in [0.25, 0.3) is 0 Å². The fourth-order valence-corrected chi connectivity index (χ4v) is 2.52. The summed E-state index contributed by atoms with van der Waals surface area (Å²) >= 11 is 0. The van der Waals surface area contributed by atoms with E-state index in [4.69, 9.17) is 5.73 Å². The van der Waals surface area contributed by atoms with Gasteiger partial charge in [-0.3, -0.25) is 4.79 Å². The fraction of sp³-hybridized carbons (Fsp3) is 0.923. The maximum absolute atomic E-state index is 12.3. The van der Waals surface area contributed by atoms with Gasteiger partial charge in [-0.2, -0.15) is 0 Å². The number of aliphatic hydroxyl groups is 1. The monoisotopic (exact) mass is 242 g/mol. The molecule has 1 aliphatic carbocycles. The fourth-order valence-electron chi connectivity index (χ4n) is 2.52.